The molecule has 154 valence electrons. The zero-order valence-electron chi connectivity index (χ0n) is 16.4. The Morgan fingerprint density at radius 2 is 1.97 bits per heavy atom. The van der Waals surface area contributed by atoms with E-state index in [1.807, 2.05) is 32.0 Å². The first-order valence-electron chi connectivity index (χ1n) is 9.11. The largest absolute Gasteiger partial charge is 0.326 e. The second-order valence-corrected chi connectivity index (χ2v) is 7.80. The summed E-state index contributed by atoms with van der Waals surface area (Å²) in [7, 11) is 0. The highest BCUT2D eigenvalue weighted by atomic mass is 32.2. The smallest absolute Gasteiger partial charge is 0.293 e. The van der Waals surface area contributed by atoms with Crippen molar-refractivity contribution in [3.05, 3.63) is 74.2 Å². The van der Waals surface area contributed by atoms with Crippen LogP contribution in [0.5, 0.6) is 0 Å². The number of benzene rings is 2. The molecule has 0 atom stereocenters. The highest BCUT2D eigenvalue weighted by Gasteiger charge is 2.35. The number of hydrogen-bond acceptors (Lipinski definition) is 6. The van der Waals surface area contributed by atoms with Crippen LogP contribution in [0.3, 0.4) is 0 Å². The van der Waals surface area contributed by atoms with Crippen LogP contribution in [0.15, 0.2) is 47.4 Å². The number of non-ortho nitro benzene ring substituents is 1. The van der Waals surface area contributed by atoms with Crippen LogP contribution in [0.25, 0.3) is 6.08 Å². The Morgan fingerprint density at radius 3 is 2.67 bits per heavy atom. The molecule has 0 aromatic heterocycles. The van der Waals surface area contributed by atoms with E-state index in [0.29, 0.717) is 11.3 Å². The van der Waals surface area contributed by atoms with E-state index in [1.54, 1.807) is 6.07 Å². The number of imide groups is 1. The average Bonchev–Trinajstić information content (AvgIpc) is 2.95. The number of hydrogen-bond donors (Lipinski definition) is 1. The van der Waals surface area contributed by atoms with Crippen LogP contribution in [0.2, 0.25) is 0 Å². The van der Waals surface area contributed by atoms with Crippen LogP contribution >= 0.6 is 11.8 Å². The highest BCUT2D eigenvalue weighted by Crippen LogP contribution is 2.32. The van der Waals surface area contributed by atoms with E-state index < -0.39 is 16.1 Å². The molecule has 0 radical (unpaired) electrons. The van der Waals surface area contributed by atoms with Gasteiger partial charge in [-0.15, -0.1) is 0 Å². The summed E-state index contributed by atoms with van der Waals surface area (Å²) < 4.78 is 0. The molecule has 1 saturated heterocycles. The van der Waals surface area contributed by atoms with Gasteiger partial charge in [0, 0.05) is 30.8 Å². The maximum absolute atomic E-state index is 12.6. The fraction of sp³-hybridized carbons (Fsp3) is 0.190. The van der Waals surface area contributed by atoms with Crippen molar-refractivity contribution in [2.75, 3.05) is 11.9 Å². The lowest BCUT2D eigenvalue weighted by molar-refractivity contribution is -0.384. The Bertz CT molecular complexity index is 1080. The van der Waals surface area contributed by atoms with E-state index in [4.69, 9.17) is 0 Å². The second-order valence-electron chi connectivity index (χ2n) is 6.80. The zero-order valence-corrected chi connectivity index (χ0v) is 17.2. The monoisotopic (exact) mass is 425 g/mol. The number of amides is 3. The summed E-state index contributed by atoms with van der Waals surface area (Å²) in [6, 6.07) is 11.4. The molecule has 1 aliphatic rings. The van der Waals surface area contributed by atoms with Crippen molar-refractivity contribution < 1.29 is 19.3 Å². The molecule has 1 heterocycles. The standard InChI is InChI=1S/C21H19N3O5S/c1-13-6-7-17(14(2)10-13)22-19(25)8-9-23-20(26)18(30-21(23)27)12-15-4-3-5-16(11-15)24(28)29/h3-7,10-12H,8-9H2,1-2H3,(H,22,25)/b18-12+. The fourth-order valence-corrected chi connectivity index (χ4v) is 3.82. The first-order chi connectivity index (χ1) is 14.2. The number of carbonyl (C=O) groups is 3. The number of nitrogens with one attached hydrogen (secondary N) is 1. The summed E-state index contributed by atoms with van der Waals surface area (Å²) in [4.78, 5) is 48.5. The number of anilines is 1. The van der Waals surface area contributed by atoms with Gasteiger partial charge in [0.2, 0.25) is 5.91 Å². The SMILES string of the molecule is Cc1ccc(NC(=O)CCN2C(=O)S/C(=C/c3cccc([N+](=O)[O-])c3)C2=O)c(C)c1. The van der Waals surface area contributed by atoms with Crippen molar-refractivity contribution in [2.45, 2.75) is 20.3 Å². The molecule has 0 spiro atoms. The van der Waals surface area contributed by atoms with E-state index in [0.717, 1.165) is 27.8 Å². The Hall–Kier alpha value is -3.46. The number of rotatable bonds is 6. The molecule has 1 N–H and O–H groups in total. The molecule has 9 heteroatoms. The Morgan fingerprint density at radius 1 is 1.20 bits per heavy atom. The first kappa shape index (κ1) is 21.3. The molecule has 2 aromatic rings. The third-order valence-corrected chi connectivity index (χ3v) is 5.38. The van der Waals surface area contributed by atoms with Crippen molar-refractivity contribution in [3.8, 4) is 0 Å². The lowest BCUT2D eigenvalue weighted by Gasteiger charge is -2.13. The highest BCUT2D eigenvalue weighted by molar-refractivity contribution is 8.18. The maximum Gasteiger partial charge on any atom is 0.293 e. The van der Waals surface area contributed by atoms with Gasteiger partial charge in [0.25, 0.3) is 16.8 Å². The molecular weight excluding hydrogens is 406 g/mol. The van der Waals surface area contributed by atoms with Crippen LogP contribution < -0.4 is 5.32 Å². The summed E-state index contributed by atoms with van der Waals surface area (Å²) >= 11 is 0.748. The zero-order chi connectivity index (χ0) is 21.8. The van der Waals surface area contributed by atoms with Crippen LogP contribution in [0, 0.1) is 24.0 Å². The molecule has 3 amide bonds. The van der Waals surface area contributed by atoms with E-state index in [2.05, 4.69) is 5.32 Å². The number of nitrogens with zero attached hydrogens (tertiary/aromatic N) is 2. The molecular formula is C21H19N3O5S. The van der Waals surface area contributed by atoms with Gasteiger partial charge >= 0.3 is 0 Å². The van der Waals surface area contributed by atoms with E-state index in [9.17, 15) is 24.5 Å². The van der Waals surface area contributed by atoms with E-state index in [1.165, 1.54) is 24.3 Å². The summed E-state index contributed by atoms with van der Waals surface area (Å²) in [5.41, 5.74) is 3.03. The van der Waals surface area contributed by atoms with Crippen LogP contribution in [-0.2, 0) is 9.59 Å². The lowest BCUT2D eigenvalue weighted by atomic mass is 10.1. The van der Waals surface area contributed by atoms with Gasteiger partial charge in [0.05, 0.1) is 9.83 Å². The van der Waals surface area contributed by atoms with Crippen LogP contribution in [-0.4, -0.2) is 33.4 Å². The van der Waals surface area contributed by atoms with Crippen molar-refractivity contribution >= 4 is 46.3 Å². The van der Waals surface area contributed by atoms with Gasteiger partial charge in [-0.3, -0.25) is 29.4 Å². The summed E-state index contributed by atoms with van der Waals surface area (Å²) in [5.74, 6) is -0.820. The summed E-state index contributed by atoms with van der Waals surface area (Å²) in [5, 5.41) is 13.2. The summed E-state index contributed by atoms with van der Waals surface area (Å²) in [6.45, 7) is 3.80. The maximum atomic E-state index is 12.6. The van der Waals surface area contributed by atoms with Gasteiger partial charge in [-0.05, 0) is 48.9 Å². The average molecular weight is 425 g/mol. The minimum atomic E-state index is -0.530. The van der Waals surface area contributed by atoms with Gasteiger partial charge in [0.1, 0.15) is 0 Å². The molecule has 0 bridgehead atoms. The molecule has 3 rings (SSSR count). The minimum absolute atomic E-state index is 0.0323. The molecule has 0 unspecified atom stereocenters. The Kier molecular flexibility index (Phi) is 6.31. The predicted octanol–water partition coefficient (Wildman–Crippen LogP) is 4.28. The number of carbonyl (C=O) groups excluding carboxylic acids is 3. The Balaban J connectivity index is 1.64. The first-order valence-corrected chi connectivity index (χ1v) is 9.93. The molecule has 2 aromatic carbocycles. The van der Waals surface area contributed by atoms with Crippen LogP contribution in [0.4, 0.5) is 16.2 Å². The third-order valence-electron chi connectivity index (χ3n) is 4.47. The van der Waals surface area contributed by atoms with Crippen LogP contribution in [0.1, 0.15) is 23.1 Å². The van der Waals surface area contributed by atoms with Crippen molar-refractivity contribution in [1.82, 2.24) is 4.90 Å². The van der Waals surface area contributed by atoms with Gasteiger partial charge < -0.3 is 5.32 Å². The third kappa shape index (κ3) is 4.93. The summed E-state index contributed by atoms with van der Waals surface area (Å²) in [6.07, 6.45) is 1.41. The Labute approximate surface area is 177 Å². The van der Waals surface area contributed by atoms with Crippen molar-refractivity contribution in [3.63, 3.8) is 0 Å². The lowest BCUT2D eigenvalue weighted by Crippen LogP contribution is -2.31. The van der Waals surface area contributed by atoms with Crippen molar-refractivity contribution in [2.24, 2.45) is 0 Å². The number of nitro groups is 1. The van der Waals surface area contributed by atoms with Crippen molar-refractivity contribution in [1.29, 1.82) is 0 Å². The predicted molar refractivity (Wildman–Crippen MR) is 115 cm³/mol. The normalized spacial score (nSPS) is 15.0. The minimum Gasteiger partial charge on any atom is -0.326 e. The van der Waals surface area contributed by atoms with Gasteiger partial charge in [-0.1, -0.05) is 29.8 Å². The molecule has 0 aliphatic carbocycles. The van der Waals surface area contributed by atoms with E-state index in [-0.39, 0.29) is 29.5 Å². The molecule has 0 saturated carbocycles. The molecule has 1 aliphatic heterocycles. The number of nitro benzene ring substituents is 1. The molecule has 30 heavy (non-hydrogen) atoms. The quantitative estimate of drug-likeness (QED) is 0.420. The second kappa shape index (κ2) is 8.91. The van der Waals surface area contributed by atoms with Gasteiger partial charge in [0.15, 0.2) is 0 Å². The van der Waals surface area contributed by atoms with Gasteiger partial charge in [-0.25, -0.2) is 0 Å². The molecule has 8 nitrogen and oxygen atoms in total. The number of thioether (sulfide) groups is 1. The molecule has 1 fully saturated rings. The van der Waals surface area contributed by atoms with Gasteiger partial charge in [-0.2, -0.15) is 0 Å². The van der Waals surface area contributed by atoms with E-state index >= 15 is 0 Å². The fourth-order valence-electron chi connectivity index (χ4n) is 2.95. The topological polar surface area (TPSA) is 110 Å². The number of aryl methyl sites for hydroxylation is 2.